The van der Waals surface area contributed by atoms with Gasteiger partial charge in [-0.3, -0.25) is 14.4 Å². The molecule has 0 bridgehead atoms. The predicted octanol–water partition coefficient (Wildman–Crippen LogP) is 16.8. The van der Waals surface area contributed by atoms with Crippen LogP contribution in [0.3, 0.4) is 0 Å². The second-order valence-corrected chi connectivity index (χ2v) is 19.4. The molecule has 1 unspecified atom stereocenters. The summed E-state index contributed by atoms with van der Waals surface area (Å²) in [5.74, 6) is 1.62. The fraction of sp³-hybridized carbons (Fsp3) is 0.943. The molecule has 0 N–H and O–H groups in total. The van der Waals surface area contributed by atoms with Crippen molar-refractivity contribution in [3.8, 4) is 0 Å². The van der Waals surface area contributed by atoms with Gasteiger partial charge in [-0.25, -0.2) is 0 Å². The van der Waals surface area contributed by atoms with Crippen molar-refractivity contribution in [2.75, 3.05) is 13.2 Å². The Bertz CT molecular complexity index is 916. The number of carbonyl (C=O) groups excluding carboxylic acids is 3. The van der Waals surface area contributed by atoms with Crippen molar-refractivity contribution >= 4 is 17.9 Å². The zero-order valence-corrected chi connectivity index (χ0v) is 40.5. The van der Waals surface area contributed by atoms with Gasteiger partial charge < -0.3 is 14.2 Å². The quantitative estimate of drug-likeness (QED) is 0.0345. The average molecular weight is 835 g/mol. The molecular formula is C53H102O6. The van der Waals surface area contributed by atoms with Gasteiger partial charge in [0.05, 0.1) is 0 Å². The van der Waals surface area contributed by atoms with Gasteiger partial charge in [-0.1, -0.05) is 247 Å². The number of hydrogen-bond acceptors (Lipinski definition) is 6. The van der Waals surface area contributed by atoms with Gasteiger partial charge in [-0.15, -0.1) is 0 Å². The molecule has 0 aliphatic rings. The molecule has 0 saturated heterocycles. The third-order valence-electron chi connectivity index (χ3n) is 12.3. The SMILES string of the molecule is CCC(C)CCCCCCCCC(=O)OC[C@@H](COC(=O)CCCCCCCCCCCCCCCCCC(C)C)OC(=O)CCCCCCCCCCCCC(C)C. The van der Waals surface area contributed by atoms with Crippen LogP contribution in [0.15, 0.2) is 0 Å². The van der Waals surface area contributed by atoms with E-state index in [1.165, 1.54) is 167 Å². The highest BCUT2D eigenvalue weighted by Gasteiger charge is 2.19. The molecule has 6 heteroatoms. The first kappa shape index (κ1) is 57.4. The third-order valence-corrected chi connectivity index (χ3v) is 12.3. The molecule has 0 rings (SSSR count). The molecule has 350 valence electrons. The van der Waals surface area contributed by atoms with E-state index in [0.29, 0.717) is 19.3 Å². The van der Waals surface area contributed by atoms with Crippen LogP contribution in [0.2, 0.25) is 0 Å². The van der Waals surface area contributed by atoms with Crippen LogP contribution in [-0.4, -0.2) is 37.2 Å². The number of rotatable bonds is 46. The zero-order valence-electron chi connectivity index (χ0n) is 40.5. The van der Waals surface area contributed by atoms with Crippen LogP contribution in [-0.2, 0) is 28.6 Å². The smallest absolute Gasteiger partial charge is 0.306 e. The lowest BCUT2D eigenvalue weighted by Gasteiger charge is -2.18. The lowest BCUT2D eigenvalue weighted by atomic mass is 10.00. The molecule has 0 aliphatic carbocycles. The maximum Gasteiger partial charge on any atom is 0.306 e. The van der Waals surface area contributed by atoms with E-state index in [0.717, 1.165) is 75.5 Å². The van der Waals surface area contributed by atoms with Crippen LogP contribution >= 0.6 is 0 Å². The normalized spacial score (nSPS) is 12.6. The van der Waals surface area contributed by atoms with Crippen LogP contribution in [0.1, 0.15) is 286 Å². The minimum Gasteiger partial charge on any atom is -0.462 e. The molecule has 0 radical (unpaired) electrons. The van der Waals surface area contributed by atoms with Crippen molar-refractivity contribution in [3.63, 3.8) is 0 Å². The Kier molecular flexibility index (Phi) is 43.3. The summed E-state index contributed by atoms with van der Waals surface area (Å²) in [5.41, 5.74) is 0. The van der Waals surface area contributed by atoms with E-state index in [2.05, 4.69) is 41.5 Å². The number of carbonyl (C=O) groups is 3. The average Bonchev–Trinajstić information content (AvgIpc) is 3.20. The summed E-state index contributed by atoms with van der Waals surface area (Å²) in [6, 6.07) is 0. The fourth-order valence-electron chi connectivity index (χ4n) is 7.91. The minimum atomic E-state index is -0.763. The number of esters is 3. The first-order valence-corrected chi connectivity index (χ1v) is 26.1. The van der Waals surface area contributed by atoms with Gasteiger partial charge in [0, 0.05) is 19.3 Å². The maximum atomic E-state index is 12.8. The Balaban J connectivity index is 4.27. The Morgan fingerprint density at radius 3 is 0.881 bits per heavy atom. The topological polar surface area (TPSA) is 78.9 Å². The van der Waals surface area contributed by atoms with Gasteiger partial charge in [0.2, 0.25) is 0 Å². The molecular weight excluding hydrogens is 733 g/mol. The van der Waals surface area contributed by atoms with Crippen LogP contribution in [0, 0.1) is 17.8 Å². The Hall–Kier alpha value is -1.59. The number of unbranched alkanes of at least 4 members (excludes halogenated alkanes) is 28. The van der Waals surface area contributed by atoms with E-state index >= 15 is 0 Å². The largest absolute Gasteiger partial charge is 0.462 e. The Morgan fingerprint density at radius 2 is 0.593 bits per heavy atom. The summed E-state index contributed by atoms with van der Waals surface area (Å²) in [4.78, 5) is 37.9. The van der Waals surface area contributed by atoms with Gasteiger partial charge in [0.15, 0.2) is 6.10 Å². The van der Waals surface area contributed by atoms with Gasteiger partial charge >= 0.3 is 17.9 Å². The number of hydrogen-bond donors (Lipinski definition) is 0. The summed E-state index contributed by atoms with van der Waals surface area (Å²) in [6.45, 7) is 13.7. The first-order chi connectivity index (χ1) is 28.6. The van der Waals surface area contributed by atoms with Gasteiger partial charge in [0.1, 0.15) is 13.2 Å². The van der Waals surface area contributed by atoms with Crippen molar-refractivity contribution in [2.45, 2.75) is 292 Å². The maximum absolute atomic E-state index is 12.8. The van der Waals surface area contributed by atoms with E-state index in [1.807, 2.05) is 0 Å². The second kappa shape index (κ2) is 44.5. The summed E-state index contributed by atoms with van der Waals surface area (Å²) in [5, 5.41) is 0. The van der Waals surface area contributed by atoms with Gasteiger partial charge in [-0.2, -0.15) is 0 Å². The zero-order chi connectivity index (χ0) is 43.4. The highest BCUT2D eigenvalue weighted by atomic mass is 16.6. The summed E-state index contributed by atoms with van der Waals surface area (Å²) >= 11 is 0. The second-order valence-electron chi connectivity index (χ2n) is 19.4. The summed E-state index contributed by atoms with van der Waals surface area (Å²) in [6.07, 6.45) is 43.8. The van der Waals surface area contributed by atoms with Crippen molar-refractivity contribution in [1.82, 2.24) is 0 Å². The number of ether oxygens (including phenoxy) is 3. The highest BCUT2D eigenvalue weighted by molar-refractivity contribution is 5.71. The lowest BCUT2D eigenvalue weighted by molar-refractivity contribution is -0.167. The molecule has 2 atom stereocenters. The highest BCUT2D eigenvalue weighted by Crippen LogP contribution is 2.18. The fourth-order valence-corrected chi connectivity index (χ4v) is 7.91. The lowest BCUT2D eigenvalue weighted by Crippen LogP contribution is -2.30. The third kappa shape index (κ3) is 45.8. The molecule has 0 spiro atoms. The van der Waals surface area contributed by atoms with Crippen LogP contribution < -0.4 is 0 Å². The van der Waals surface area contributed by atoms with Crippen LogP contribution in [0.4, 0.5) is 0 Å². The van der Waals surface area contributed by atoms with Crippen molar-refractivity contribution in [1.29, 1.82) is 0 Å². The van der Waals surface area contributed by atoms with Crippen molar-refractivity contribution in [3.05, 3.63) is 0 Å². The van der Waals surface area contributed by atoms with E-state index < -0.39 is 6.10 Å². The standard InChI is InChI=1S/C53H102O6/c1-7-49(6)41-35-29-25-26-31-37-43-52(55)58-46-50(59-53(56)44-38-32-24-20-16-15-18-22-28-34-40-48(4)5)45-57-51(54)42-36-30-23-19-14-12-10-8-9-11-13-17-21-27-33-39-47(2)3/h47-50H,7-46H2,1-6H3/t49?,50-/m1/s1. The Morgan fingerprint density at radius 1 is 0.339 bits per heavy atom. The monoisotopic (exact) mass is 835 g/mol. The molecule has 0 aromatic carbocycles. The predicted molar refractivity (Wildman–Crippen MR) is 252 cm³/mol. The molecule has 59 heavy (non-hydrogen) atoms. The summed E-state index contributed by atoms with van der Waals surface area (Å²) < 4.78 is 16.8. The molecule has 0 aliphatic heterocycles. The molecule has 0 heterocycles. The Labute approximate surface area is 368 Å². The summed E-state index contributed by atoms with van der Waals surface area (Å²) in [7, 11) is 0. The van der Waals surface area contributed by atoms with E-state index in [1.54, 1.807) is 0 Å². The van der Waals surface area contributed by atoms with Gasteiger partial charge in [-0.05, 0) is 37.0 Å². The van der Waals surface area contributed by atoms with Crippen LogP contribution in [0.25, 0.3) is 0 Å². The molecule has 0 fully saturated rings. The van der Waals surface area contributed by atoms with E-state index in [4.69, 9.17) is 14.2 Å². The van der Waals surface area contributed by atoms with Crippen molar-refractivity contribution in [2.24, 2.45) is 17.8 Å². The minimum absolute atomic E-state index is 0.0652. The molecule has 0 aromatic rings. The first-order valence-electron chi connectivity index (χ1n) is 26.1. The molecule has 0 saturated carbocycles. The van der Waals surface area contributed by atoms with Crippen molar-refractivity contribution < 1.29 is 28.6 Å². The van der Waals surface area contributed by atoms with E-state index in [9.17, 15) is 14.4 Å². The molecule has 6 nitrogen and oxygen atoms in total. The molecule has 0 aromatic heterocycles. The van der Waals surface area contributed by atoms with Crippen LogP contribution in [0.5, 0.6) is 0 Å². The van der Waals surface area contributed by atoms with Gasteiger partial charge in [0.25, 0.3) is 0 Å². The molecule has 0 amide bonds. The van der Waals surface area contributed by atoms with E-state index in [-0.39, 0.29) is 31.1 Å².